The van der Waals surface area contributed by atoms with Crippen molar-refractivity contribution >= 4 is 17.5 Å². The predicted molar refractivity (Wildman–Crippen MR) is 90.3 cm³/mol. The SMILES string of the molecule is COc1cc(Nc2ncc(-c3cncnc3)c(N)n2)cc(OC)c1. The van der Waals surface area contributed by atoms with Gasteiger partial charge in [-0.15, -0.1) is 0 Å². The summed E-state index contributed by atoms with van der Waals surface area (Å²) < 4.78 is 10.5. The fraction of sp³-hybridized carbons (Fsp3) is 0.125. The zero-order chi connectivity index (χ0) is 16.9. The first-order valence-electron chi connectivity index (χ1n) is 7.07. The predicted octanol–water partition coefficient (Wildman–Crippen LogP) is 2.28. The minimum atomic E-state index is 0.331. The maximum atomic E-state index is 6.02. The van der Waals surface area contributed by atoms with Crippen LogP contribution in [-0.2, 0) is 0 Å². The van der Waals surface area contributed by atoms with Gasteiger partial charge in [-0.25, -0.2) is 15.0 Å². The Morgan fingerprint density at radius 3 is 2.21 bits per heavy atom. The van der Waals surface area contributed by atoms with Gasteiger partial charge in [0.15, 0.2) is 0 Å². The number of hydrogen-bond acceptors (Lipinski definition) is 8. The molecule has 8 nitrogen and oxygen atoms in total. The molecule has 0 aliphatic rings. The second-order valence-corrected chi connectivity index (χ2v) is 4.85. The summed E-state index contributed by atoms with van der Waals surface area (Å²) in [5.41, 5.74) is 8.17. The van der Waals surface area contributed by atoms with Gasteiger partial charge >= 0.3 is 0 Å². The van der Waals surface area contributed by atoms with E-state index < -0.39 is 0 Å². The van der Waals surface area contributed by atoms with Crippen molar-refractivity contribution in [2.24, 2.45) is 0 Å². The summed E-state index contributed by atoms with van der Waals surface area (Å²) in [5, 5.41) is 3.08. The lowest BCUT2D eigenvalue weighted by molar-refractivity contribution is 0.395. The highest BCUT2D eigenvalue weighted by atomic mass is 16.5. The van der Waals surface area contributed by atoms with Crippen molar-refractivity contribution in [1.82, 2.24) is 19.9 Å². The number of benzene rings is 1. The number of nitrogen functional groups attached to an aromatic ring is 1. The second kappa shape index (κ2) is 6.78. The molecule has 3 rings (SSSR count). The van der Waals surface area contributed by atoms with Crippen LogP contribution in [0.3, 0.4) is 0 Å². The van der Waals surface area contributed by atoms with E-state index in [1.54, 1.807) is 51.0 Å². The molecule has 3 N–H and O–H groups in total. The lowest BCUT2D eigenvalue weighted by Crippen LogP contribution is -2.02. The Balaban J connectivity index is 1.88. The highest BCUT2D eigenvalue weighted by Gasteiger charge is 2.09. The number of nitrogens with two attached hydrogens (primary N) is 1. The Morgan fingerprint density at radius 1 is 0.958 bits per heavy atom. The van der Waals surface area contributed by atoms with Crippen LogP contribution >= 0.6 is 0 Å². The molecule has 0 saturated carbocycles. The van der Waals surface area contributed by atoms with Crippen LogP contribution in [-0.4, -0.2) is 34.2 Å². The lowest BCUT2D eigenvalue weighted by atomic mass is 10.2. The minimum absolute atomic E-state index is 0.331. The zero-order valence-electron chi connectivity index (χ0n) is 13.2. The van der Waals surface area contributed by atoms with Gasteiger partial charge in [-0.3, -0.25) is 0 Å². The summed E-state index contributed by atoms with van der Waals surface area (Å²) in [6, 6.07) is 5.39. The molecule has 0 fully saturated rings. The van der Waals surface area contributed by atoms with Gasteiger partial charge in [0.1, 0.15) is 23.6 Å². The minimum Gasteiger partial charge on any atom is -0.497 e. The van der Waals surface area contributed by atoms with Crippen molar-refractivity contribution in [1.29, 1.82) is 0 Å². The first-order chi connectivity index (χ1) is 11.7. The van der Waals surface area contributed by atoms with Gasteiger partial charge in [-0.1, -0.05) is 0 Å². The summed E-state index contributed by atoms with van der Waals surface area (Å²) in [4.78, 5) is 16.5. The standard InChI is InChI=1S/C16H16N6O2/c1-23-12-3-11(4-13(5-12)24-2)21-16-20-8-14(15(17)22-16)10-6-18-9-19-7-10/h3-9H,1-2H3,(H3,17,20,21,22). The summed E-state index contributed by atoms with van der Waals surface area (Å²) in [6.45, 7) is 0. The zero-order valence-corrected chi connectivity index (χ0v) is 13.2. The number of ether oxygens (including phenoxy) is 2. The van der Waals surface area contributed by atoms with E-state index in [0.717, 1.165) is 11.3 Å². The maximum Gasteiger partial charge on any atom is 0.229 e. The third-order valence-corrected chi connectivity index (χ3v) is 3.30. The van der Waals surface area contributed by atoms with Crippen LogP contribution in [0.5, 0.6) is 11.5 Å². The van der Waals surface area contributed by atoms with Crippen LogP contribution in [0.4, 0.5) is 17.5 Å². The van der Waals surface area contributed by atoms with E-state index in [9.17, 15) is 0 Å². The third-order valence-electron chi connectivity index (χ3n) is 3.30. The second-order valence-electron chi connectivity index (χ2n) is 4.85. The van der Waals surface area contributed by atoms with Crippen LogP contribution in [0, 0.1) is 0 Å². The van der Waals surface area contributed by atoms with Crippen molar-refractivity contribution in [3.05, 3.63) is 43.1 Å². The van der Waals surface area contributed by atoms with Gasteiger partial charge in [-0.05, 0) is 0 Å². The largest absolute Gasteiger partial charge is 0.497 e. The molecule has 2 heterocycles. The lowest BCUT2D eigenvalue weighted by Gasteiger charge is -2.11. The quantitative estimate of drug-likeness (QED) is 0.736. The highest BCUT2D eigenvalue weighted by molar-refractivity contribution is 5.73. The van der Waals surface area contributed by atoms with Crippen LogP contribution in [0.2, 0.25) is 0 Å². The van der Waals surface area contributed by atoms with E-state index in [2.05, 4.69) is 25.3 Å². The molecule has 0 saturated heterocycles. The van der Waals surface area contributed by atoms with Crippen LogP contribution in [0.15, 0.2) is 43.1 Å². The number of methoxy groups -OCH3 is 2. The highest BCUT2D eigenvalue weighted by Crippen LogP contribution is 2.28. The number of anilines is 3. The fourth-order valence-corrected chi connectivity index (χ4v) is 2.12. The number of rotatable bonds is 5. The first kappa shape index (κ1) is 15.5. The molecular weight excluding hydrogens is 308 g/mol. The molecular formula is C16H16N6O2. The number of nitrogens with zero attached hydrogens (tertiary/aromatic N) is 4. The van der Waals surface area contributed by atoms with Gasteiger partial charge in [-0.2, -0.15) is 4.98 Å². The van der Waals surface area contributed by atoms with Gasteiger partial charge < -0.3 is 20.5 Å². The fourth-order valence-electron chi connectivity index (χ4n) is 2.12. The number of aromatic nitrogens is 4. The Morgan fingerprint density at radius 2 is 1.62 bits per heavy atom. The van der Waals surface area contributed by atoms with Crippen molar-refractivity contribution in [3.8, 4) is 22.6 Å². The van der Waals surface area contributed by atoms with Gasteiger partial charge in [0.2, 0.25) is 5.95 Å². The summed E-state index contributed by atoms with van der Waals surface area (Å²) in [5.74, 6) is 2.01. The van der Waals surface area contributed by atoms with Crippen molar-refractivity contribution in [2.45, 2.75) is 0 Å². The molecule has 0 aliphatic heterocycles. The van der Waals surface area contributed by atoms with Crippen LogP contribution in [0.25, 0.3) is 11.1 Å². The van der Waals surface area contributed by atoms with E-state index in [4.69, 9.17) is 15.2 Å². The molecule has 1 aromatic carbocycles. The summed E-state index contributed by atoms with van der Waals surface area (Å²) in [7, 11) is 3.17. The average Bonchev–Trinajstić information content (AvgIpc) is 2.62. The van der Waals surface area contributed by atoms with Crippen molar-refractivity contribution in [3.63, 3.8) is 0 Å². The first-order valence-corrected chi connectivity index (χ1v) is 7.07. The van der Waals surface area contributed by atoms with Gasteiger partial charge in [0.05, 0.1) is 14.2 Å². The third kappa shape index (κ3) is 3.32. The van der Waals surface area contributed by atoms with Gasteiger partial charge in [0, 0.05) is 53.6 Å². The summed E-state index contributed by atoms with van der Waals surface area (Å²) >= 11 is 0. The molecule has 3 aromatic rings. The van der Waals surface area contributed by atoms with Crippen molar-refractivity contribution < 1.29 is 9.47 Å². The molecule has 122 valence electrons. The Bertz CT molecular complexity index is 819. The monoisotopic (exact) mass is 324 g/mol. The topological polar surface area (TPSA) is 108 Å². The Kier molecular flexibility index (Phi) is 4.37. The molecule has 0 spiro atoms. The number of hydrogen-bond donors (Lipinski definition) is 2. The Hall–Kier alpha value is -3.42. The van der Waals surface area contributed by atoms with Crippen LogP contribution < -0.4 is 20.5 Å². The molecule has 24 heavy (non-hydrogen) atoms. The van der Waals surface area contributed by atoms with E-state index in [0.29, 0.717) is 28.8 Å². The number of nitrogens with one attached hydrogen (secondary N) is 1. The van der Waals surface area contributed by atoms with E-state index in [-0.39, 0.29) is 0 Å². The molecule has 0 atom stereocenters. The molecule has 0 aliphatic carbocycles. The summed E-state index contributed by atoms with van der Waals surface area (Å²) in [6.07, 6.45) is 6.39. The maximum absolute atomic E-state index is 6.02. The molecule has 0 unspecified atom stereocenters. The normalized spacial score (nSPS) is 10.2. The van der Waals surface area contributed by atoms with E-state index in [1.807, 2.05) is 0 Å². The van der Waals surface area contributed by atoms with Gasteiger partial charge in [0.25, 0.3) is 0 Å². The van der Waals surface area contributed by atoms with E-state index >= 15 is 0 Å². The van der Waals surface area contributed by atoms with Crippen molar-refractivity contribution in [2.75, 3.05) is 25.3 Å². The molecule has 0 radical (unpaired) electrons. The molecule has 8 heteroatoms. The van der Waals surface area contributed by atoms with E-state index in [1.165, 1.54) is 6.33 Å². The Labute approximate surface area is 138 Å². The smallest absolute Gasteiger partial charge is 0.229 e. The molecule has 2 aromatic heterocycles. The molecule has 0 amide bonds. The molecule has 0 bridgehead atoms. The van der Waals surface area contributed by atoms with Crippen LogP contribution in [0.1, 0.15) is 0 Å². The average molecular weight is 324 g/mol.